The van der Waals surface area contributed by atoms with Gasteiger partial charge in [-0.1, -0.05) is 17.3 Å². The Morgan fingerprint density at radius 2 is 1.69 bits per heavy atom. The van der Waals surface area contributed by atoms with Gasteiger partial charge in [-0.3, -0.25) is 0 Å². The average Bonchev–Trinajstić information content (AvgIpc) is 3.23. The van der Waals surface area contributed by atoms with Crippen molar-refractivity contribution in [3.8, 4) is 40.2 Å². The molecule has 0 N–H and O–H groups in total. The molecule has 4 rings (SSSR count). The third kappa shape index (κ3) is 3.71. The van der Waals surface area contributed by atoms with Crippen LogP contribution >= 0.6 is 0 Å². The smallest absolute Gasteiger partial charge is 0.258 e. The number of ether oxygens (including phenoxy) is 3. The van der Waals surface area contributed by atoms with Crippen molar-refractivity contribution < 1.29 is 18.7 Å². The van der Waals surface area contributed by atoms with Crippen molar-refractivity contribution in [2.45, 2.75) is 13.8 Å². The first-order valence-corrected chi connectivity index (χ1v) is 9.23. The summed E-state index contributed by atoms with van der Waals surface area (Å²) in [5.74, 6) is 2.50. The highest BCUT2D eigenvalue weighted by Gasteiger charge is 2.18. The standard InChI is InChI=1S/C22H21N3O4/c1-5-28-22-18(11-14-7-6-13(2)8-19(14)23-22)20-24-21(29-25-20)15-9-16(26-3)12-17(10-15)27-4/h6-12H,5H2,1-4H3. The normalized spacial score (nSPS) is 10.9. The molecule has 2 heterocycles. The lowest BCUT2D eigenvalue weighted by Crippen LogP contribution is -1.98. The fourth-order valence-electron chi connectivity index (χ4n) is 3.05. The van der Waals surface area contributed by atoms with Crippen molar-refractivity contribution in [3.63, 3.8) is 0 Å². The third-order valence-corrected chi connectivity index (χ3v) is 4.48. The van der Waals surface area contributed by atoms with Gasteiger partial charge in [-0.15, -0.1) is 0 Å². The van der Waals surface area contributed by atoms with Crippen molar-refractivity contribution in [2.75, 3.05) is 20.8 Å². The summed E-state index contributed by atoms with van der Waals surface area (Å²) in [6.45, 7) is 4.43. The van der Waals surface area contributed by atoms with E-state index in [1.807, 2.05) is 50.2 Å². The molecule has 0 aliphatic carbocycles. The van der Waals surface area contributed by atoms with Crippen LogP contribution in [0, 0.1) is 6.92 Å². The molecule has 2 aromatic carbocycles. The van der Waals surface area contributed by atoms with Gasteiger partial charge in [0.05, 0.1) is 31.9 Å². The quantitative estimate of drug-likeness (QED) is 0.472. The Morgan fingerprint density at radius 1 is 0.931 bits per heavy atom. The molecular weight excluding hydrogens is 370 g/mol. The largest absolute Gasteiger partial charge is 0.497 e. The maximum atomic E-state index is 5.75. The molecule has 0 saturated heterocycles. The number of aryl methyl sites for hydroxylation is 1. The predicted octanol–water partition coefficient (Wildman–Crippen LogP) is 4.68. The van der Waals surface area contributed by atoms with E-state index < -0.39 is 0 Å². The van der Waals surface area contributed by atoms with Gasteiger partial charge in [-0.05, 0) is 43.7 Å². The number of methoxy groups -OCH3 is 2. The summed E-state index contributed by atoms with van der Waals surface area (Å²) in [5.41, 5.74) is 3.36. The minimum atomic E-state index is 0.351. The second-order valence-corrected chi connectivity index (χ2v) is 6.49. The topological polar surface area (TPSA) is 79.5 Å². The molecule has 4 aromatic rings. The Kier molecular flexibility index (Phi) is 5.03. The fraction of sp³-hybridized carbons (Fsp3) is 0.227. The monoisotopic (exact) mass is 391 g/mol. The summed E-state index contributed by atoms with van der Waals surface area (Å²) in [4.78, 5) is 9.21. The number of hydrogen-bond donors (Lipinski definition) is 0. The number of hydrogen-bond acceptors (Lipinski definition) is 7. The third-order valence-electron chi connectivity index (χ3n) is 4.48. The molecule has 7 heteroatoms. The molecule has 0 bridgehead atoms. The molecule has 0 unspecified atom stereocenters. The van der Waals surface area contributed by atoms with E-state index in [0.29, 0.717) is 46.8 Å². The van der Waals surface area contributed by atoms with E-state index in [9.17, 15) is 0 Å². The molecule has 2 aromatic heterocycles. The first-order valence-electron chi connectivity index (χ1n) is 9.23. The van der Waals surface area contributed by atoms with Gasteiger partial charge in [-0.25, -0.2) is 4.98 Å². The lowest BCUT2D eigenvalue weighted by molar-refractivity contribution is 0.329. The van der Waals surface area contributed by atoms with Crippen LogP contribution in [-0.4, -0.2) is 36.0 Å². The van der Waals surface area contributed by atoms with Gasteiger partial charge >= 0.3 is 0 Å². The molecule has 0 radical (unpaired) electrons. The van der Waals surface area contributed by atoms with Crippen molar-refractivity contribution in [2.24, 2.45) is 0 Å². The number of nitrogens with zero attached hydrogens (tertiary/aromatic N) is 3. The molecule has 0 saturated carbocycles. The Balaban J connectivity index is 1.80. The second-order valence-electron chi connectivity index (χ2n) is 6.49. The van der Waals surface area contributed by atoms with Crippen LogP contribution in [0.3, 0.4) is 0 Å². The molecule has 148 valence electrons. The summed E-state index contributed by atoms with van der Waals surface area (Å²) in [7, 11) is 3.18. The minimum absolute atomic E-state index is 0.351. The zero-order chi connectivity index (χ0) is 20.4. The van der Waals surface area contributed by atoms with E-state index in [-0.39, 0.29) is 0 Å². The van der Waals surface area contributed by atoms with Crippen molar-refractivity contribution in [1.82, 2.24) is 15.1 Å². The maximum Gasteiger partial charge on any atom is 0.258 e. The van der Waals surface area contributed by atoms with Crippen LogP contribution in [-0.2, 0) is 0 Å². The van der Waals surface area contributed by atoms with Gasteiger partial charge in [-0.2, -0.15) is 4.98 Å². The molecule has 0 amide bonds. The Bertz CT molecular complexity index is 1150. The molecule has 0 aliphatic rings. The molecule has 7 nitrogen and oxygen atoms in total. The van der Waals surface area contributed by atoms with Crippen molar-refractivity contribution >= 4 is 10.9 Å². The second kappa shape index (κ2) is 7.79. The lowest BCUT2D eigenvalue weighted by Gasteiger charge is -2.08. The molecule has 0 atom stereocenters. The van der Waals surface area contributed by atoms with E-state index in [2.05, 4.69) is 15.1 Å². The van der Waals surface area contributed by atoms with E-state index in [1.54, 1.807) is 20.3 Å². The predicted molar refractivity (Wildman–Crippen MR) is 109 cm³/mol. The van der Waals surface area contributed by atoms with E-state index >= 15 is 0 Å². The van der Waals surface area contributed by atoms with Crippen LogP contribution < -0.4 is 14.2 Å². The van der Waals surface area contributed by atoms with Crippen LogP contribution in [0.25, 0.3) is 33.7 Å². The van der Waals surface area contributed by atoms with Crippen LogP contribution in [0.5, 0.6) is 17.4 Å². The molecule has 0 spiro atoms. The summed E-state index contributed by atoms with van der Waals surface area (Å²) >= 11 is 0. The van der Waals surface area contributed by atoms with Gasteiger partial charge in [0.25, 0.3) is 5.89 Å². The fourth-order valence-corrected chi connectivity index (χ4v) is 3.05. The first-order chi connectivity index (χ1) is 14.1. The number of fused-ring (bicyclic) bond motifs is 1. The molecule has 0 aliphatic heterocycles. The zero-order valence-corrected chi connectivity index (χ0v) is 16.7. The average molecular weight is 391 g/mol. The molecular formula is C22H21N3O4. The highest BCUT2D eigenvalue weighted by Crippen LogP contribution is 2.33. The van der Waals surface area contributed by atoms with Crippen LogP contribution in [0.2, 0.25) is 0 Å². The van der Waals surface area contributed by atoms with Crippen LogP contribution in [0.4, 0.5) is 0 Å². The number of aromatic nitrogens is 3. The molecule has 0 fully saturated rings. The van der Waals surface area contributed by atoms with Gasteiger partial charge < -0.3 is 18.7 Å². The Labute approximate surface area is 168 Å². The van der Waals surface area contributed by atoms with Crippen molar-refractivity contribution in [3.05, 3.63) is 48.0 Å². The summed E-state index contributed by atoms with van der Waals surface area (Å²) in [6.07, 6.45) is 0. The highest BCUT2D eigenvalue weighted by atomic mass is 16.5. The number of pyridine rings is 1. The summed E-state index contributed by atoms with van der Waals surface area (Å²) in [5, 5.41) is 5.13. The summed E-state index contributed by atoms with van der Waals surface area (Å²) < 4.78 is 21.9. The molecule has 29 heavy (non-hydrogen) atoms. The van der Waals surface area contributed by atoms with Gasteiger partial charge in [0.15, 0.2) is 0 Å². The maximum absolute atomic E-state index is 5.75. The number of benzene rings is 2. The van der Waals surface area contributed by atoms with E-state index in [4.69, 9.17) is 18.7 Å². The van der Waals surface area contributed by atoms with E-state index in [0.717, 1.165) is 16.5 Å². The first kappa shape index (κ1) is 18.7. The lowest BCUT2D eigenvalue weighted by atomic mass is 10.1. The van der Waals surface area contributed by atoms with Crippen molar-refractivity contribution in [1.29, 1.82) is 0 Å². The summed E-state index contributed by atoms with van der Waals surface area (Å²) in [6, 6.07) is 13.4. The van der Waals surface area contributed by atoms with Gasteiger partial charge in [0.1, 0.15) is 11.5 Å². The van der Waals surface area contributed by atoms with Crippen LogP contribution in [0.1, 0.15) is 12.5 Å². The Morgan fingerprint density at radius 3 is 2.38 bits per heavy atom. The zero-order valence-electron chi connectivity index (χ0n) is 16.7. The van der Waals surface area contributed by atoms with Crippen LogP contribution in [0.15, 0.2) is 47.0 Å². The van der Waals surface area contributed by atoms with Gasteiger partial charge in [0, 0.05) is 17.0 Å². The van der Waals surface area contributed by atoms with Gasteiger partial charge in [0.2, 0.25) is 11.7 Å². The van der Waals surface area contributed by atoms with E-state index in [1.165, 1.54) is 0 Å². The number of rotatable bonds is 6. The SMILES string of the molecule is CCOc1nc2cc(C)ccc2cc1-c1noc(-c2cc(OC)cc(OC)c2)n1. The minimum Gasteiger partial charge on any atom is -0.497 e. The highest BCUT2D eigenvalue weighted by molar-refractivity contribution is 5.85. The Hall–Kier alpha value is -3.61.